The van der Waals surface area contributed by atoms with Crippen LogP contribution in [0.4, 0.5) is 18.9 Å². The van der Waals surface area contributed by atoms with Gasteiger partial charge in [0.2, 0.25) is 0 Å². The number of aromatic nitrogens is 1. The molecule has 0 amide bonds. The lowest BCUT2D eigenvalue weighted by atomic mass is 10.2. The summed E-state index contributed by atoms with van der Waals surface area (Å²) in [6, 6.07) is 8.13. The number of halogens is 3. The number of carbonyl (C=O) groups is 1. The van der Waals surface area contributed by atoms with Crippen LogP contribution in [0.5, 0.6) is 0 Å². The molecule has 1 aromatic heterocycles. The number of hydrogen-bond donors (Lipinski definition) is 2. The number of hydrogen-bond acceptors (Lipinski definition) is 3. The lowest BCUT2D eigenvalue weighted by Gasteiger charge is -2.10. The Bertz CT molecular complexity index is 635. The maximum Gasteiger partial charge on any atom is 0.416 e. The molecule has 0 unspecified atom stereocenters. The van der Waals surface area contributed by atoms with Crippen LogP contribution in [0.15, 0.2) is 36.4 Å². The monoisotopic (exact) mass is 298 g/mol. The molecule has 1 aromatic carbocycles. The Morgan fingerprint density at radius 1 is 1.29 bits per heavy atom. The van der Waals surface area contributed by atoms with Crippen LogP contribution in [0.3, 0.4) is 0 Å². The summed E-state index contributed by atoms with van der Waals surface area (Å²) in [5.41, 5.74) is 0.583. The summed E-state index contributed by atoms with van der Waals surface area (Å²) in [6.07, 6.45) is -4.37. The quantitative estimate of drug-likeness (QED) is 0.850. The van der Waals surface area contributed by atoms with Gasteiger partial charge < -0.3 is 15.0 Å². The molecule has 2 N–H and O–H groups in total. The minimum absolute atomic E-state index is 0.262. The number of rotatable bonds is 4. The molecule has 0 saturated heterocycles. The van der Waals surface area contributed by atoms with Gasteiger partial charge in [0.1, 0.15) is 5.69 Å². The van der Waals surface area contributed by atoms with E-state index in [-0.39, 0.29) is 6.54 Å². The maximum atomic E-state index is 12.6. The summed E-state index contributed by atoms with van der Waals surface area (Å²) in [5, 5.41) is 2.86. The third-order valence-corrected chi connectivity index (χ3v) is 2.82. The van der Waals surface area contributed by atoms with Gasteiger partial charge in [-0.3, -0.25) is 0 Å². The molecule has 112 valence electrons. The van der Waals surface area contributed by atoms with Crippen molar-refractivity contribution in [2.75, 3.05) is 12.4 Å². The average Bonchev–Trinajstić information content (AvgIpc) is 2.92. The summed E-state index contributed by atoms with van der Waals surface area (Å²) in [7, 11) is 1.27. The molecule has 0 fully saturated rings. The number of nitrogens with one attached hydrogen (secondary N) is 2. The van der Waals surface area contributed by atoms with E-state index in [0.717, 1.165) is 12.1 Å². The highest BCUT2D eigenvalue weighted by molar-refractivity contribution is 5.87. The molecule has 0 saturated carbocycles. The van der Waals surface area contributed by atoms with E-state index >= 15 is 0 Å². The van der Waals surface area contributed by atoms with Crippen molar-refractivity contribution >= 4 is 11.7 Å². The average molecular weight is 298 g/mol. The fourth-order valence-corrected chi connectivity index (χ4v) is 1.78. The first-order valence-corrected chi connectivity index (χ1v) is 6.07. The first-order valence-electron chi connectivity index (χ1n) is 6.07. The zero-order chi connectivity index (χ0) is 15.5. The predicted octanol–water partition coefficient (Wildman–Crippen LogP) is 3.43. The van der Waals surface area contributed by atoms with Crippen LogP contribution in [-0.2, 0) is 17.5 Å². The van der Waals surface area contributed by atoms with E-state index in [9.17, 15) is 18.0 Å². The topological polar surface area (TPSA) is 54.1 Å². The number of H-pyrrole nitrogens is 1. The number of methoxy groups -OCH3 is 1. The number of anilines is 1. The highest BCUT2D eigenvalue weighted by Gasteiger charge is 2.30. The minimum Gasteiger partial charge on any atom is -0.464 e. The molecule has 0 aliphatic carbocycles. The van der Waals surface area contributed by atoms with Gasteiger partial charge in [-0.05, 0) is 30.3 Å². The third-order valence-electron chi connectivity index (χ3n) is 2.82. The van der Waals surface area contributed by atoms with E-state index in [1.807, 2.05) is 0 Å². The Balaban J connectivity index is 2.03. The summed E-state index contributed by atoms with van der Waals surface area (Å²) >= 11 is 0. The van der Waals surface area contributed by atoms with Crippen molar-refractivity contribution in [2.45, 2.75) is 12.7 Å². The smallest absolute Gasteiger partial charge is 0.416 e. The van der Waals surface area contributed by atoms with Crippen molar-refractivity contribution in [2.24, 2.45) is 0 Å². The zero-order valence-corrected chi connectivity index (χ0v) is 11.1. The highest BCUT2D eigenvalue weighted by Crippen LogP contribution is 2.30. The van der Waals surface area contributed by atoms with Crippen molar-refractivity contribution in [1.29, 1.82) is 0 Å². The Morgan fingerprint density at radius 3 is 2.71 bits per heavy atom. The van der Waals surface area contributed by atoms with Gasteiger partial charge in [0.15, 0.2) is 0 Å². The van der Waals surface area contributed by atoms with Crippen LogP contribution in [-0.4, -0.2) is 18.1 Å². The van der Waals surface area contributed by atoms with E-state index in [1.54, 1.807) is 18.2 Å². The summed E-state index contributed by atoms with van der Waals surface area (Å²) < 4.78 is 42.3. The molecule has 0 spiro atoms. The predicted molar refractivity (Wildman–Crippen MR) is 70.9 cm³/mol. The first kappa shape index (κ1) is 15.0. The Labute approximate surface area is 118 Å². The molecule has 2 rings (SSSR count). The fraction of sp³-hybridized carbons (Fsp3) is 0.214. The minimum atomic E-state index is -4.37. The van der Waals surface area contributed by atoms with E-state index in [4.69, 9.17) is 0 Å². The normalized spacial score (nSPS) is 11.2. The summed E-state index contributed by atoms with van der Waals surface area (Å²) in [6.45, 7) is 0.262. The number of esters is 1. The Morgan fingerprint density at radius 2 is 2.05 bits per heavy atom. The van der Waals surface area contributed by atoms with Crippen LogP contribution < -0.4 is 5.32 Å². The van der Waals surface area contributed by atoms with Gasteiger partial charge in [0.25, 0.3) is 0 Å². The first-order chi connectivity index (χ1) is 9.90. The lowest BCUT2D eigenvalue weighted by Crippen LogP contribution is -2.07. The zero-order valence-electron chi connectivity index (χ0n) is 11.1. The molecule has 0 radical (unpaired) electrons. The van der Waals surface area contributed by atoms with Crippen LogP contribution in [0.1, 0.15) is 21.7 Å². The van der Waals surface area contributed by atoms with Crippen molar-refractivity contribution in [3.8, 4) is 0 Å². The van der Waals surface area contributed by atoms with Gasteiger partial charge in [0, 0.05) is 11.4 Å². The second-order valence-electron chi connectivity index (χ2n) is 4.32. The third kappa shape index (κ3) is 3.77. The number of carbonyl (C=O) groups excluding carboxylic acids is 1. The van der Waals surface area contributed by atoms with Gasteiger partial charge in [-0.1, -0.05) is 6.07 Å². The van der Waals surface area contributed by atoms with Crippen molar-refractivity contribution in [1.82, 2.24) is 4.98 Å². The van der Waals surface area contributed by atoms with E-state index in [0.29, 0.717) is 17.1 Å². The molecule has 0 atom stereocenters. The molecule has 2 aromatic rings. The number of alkyl halides is 3. The van der Waals surface area contributed by atoms with Crippen LogP contribution in [0, 0.1) is 0 Å². The highest BCUT2D eigenvalue weighted by atomic mass is 19.4. The van der Waals surface area contributed by atoms with Crippen LogP contribution in [0.25, 0.3) is 0 Å². The van der Waals surface area contributed by atoms with Gasteiger partial charge in [-0.2, -0.15) is 13.2 Å². The van der Waals surface area contributed by atoms with Gasteiger partial charge in [-0.15, -0.1) is 0 Å². The molecule has 7 heteroatoms. The molecule has 0 aliphatic rings. The van der Waals surface area contributed by atoms with Crippen LogP contribution >= 0.6 is 0 Å². The molecule has 0 bridgehead atoms. The van der Waals surface area contributed by atoms with Gasteiger partial charge in [0.05, 0.1) is 19.2 Å². The van der Waals surface area contributed by atoms with E-state index in [2.05, 4.69) is 15.0 Å². The van der Waals surface area contributed by atoms with Gasteiger partial charge in [-0.25, -0.2) is 4.79 Å². The standard InChI is InChI=1S/C14H13F3N2O2/c1-21-13(20)12-6-5-11(19-12)8-18-10-4-2-3-9(7-10)14(15,16)17/h2-7,18-19H,8H2,1H3. The molecule has 0 aliphatic heterocycles. The lowest BCUT2D eigenvalue weighted by molar-refractivity contribution is -0.137. The van der Waals surface area contributed by atoms with E-state index < -0.39 is 17.7 Å². The number of aromatic amines is 1. The SMILES string of the molecule is COC(=O)c1ccc(CNc2cccc(C(F)(F)F)c2)[nH]1. The Hall–Kier alpha value is -2.44. The van der Waals surface area contributed by atoms with Crippen molar-refractivity contribution < 1.29 is 22.7 Å². The number of benzene rings is 1. The van der Waals surface area contributed by atoms with Crippen LogP contribution in [0.2, 0.25) is 0 Å². The molecule has 21 heavy (non-hydrogen) atoms. The second-order valence-corrected chi connectivity index (χ2v) is 4.32. The fourth-order valence-electron chi connectivity index (χ4n) is 1.78. The molecule has 4 nitrogen and oxygen atoms in total. The second kappa shape index (κ2) is 5.90. The molecule has 1 heterocycles. The number of ether oxygens (including phenoxy) is 1. The van der Waals surface area contributed by atoms with Gasteiger partial charge >= 0.3 is 12.1 Å². The van der Waals surface area contributed by atoms with Crippen molar-refractivity contribution in [3.63, 3.8) is 0 Å². The molecular weight excluding hydrogens is 285 g/mol. The van der Waals surface area contributed by atoms with E-state index in [1.165, 1.54) is 13.2 Å². The largest absolute Gasteiger partial charge is 0.464 e. The van der Waals surface area contributed by atoms with Crippen molar-refractivity contribution in [3.05, 3.63) is 53.3 Å². The summed E-state index contributed by atoms with van der Waals surface area (Å²) in [5.74, 6) is -0.500. The summed E-state index contributed by atoms with van der Waals surface area (Å²) in [4.78, 5) is 14.1. The maximum absolute atomic E-state index is 12.6. The Kier molecular flexibility index (Phi) is 4.21. The molecular formula is C14H13F3N2O2.